The fourth-order valence-corrected chi connectivity index (χ4v) is 1.79. The molecule has 110 valence electrons. The van der Waals surface area contributed by atoms with Gasteiger partial charge in [0.25, 0.3) is 0 Å². The Balaban J connectivity index is 2.75. The predicted molar refractivity (Wildman–Crippen MR) is 74.9 cm³/mol. The number of nitrogens with zero attached hydrogens (tertiary/aromatic N) is 1. The molecule has 6 heteroatoms. The molecule has 0 spiro atoms. The normalized spacial score (nSPS) is 13.8. The number of carbonyl (C=O) groups is 1. The van der Waals surface area contributed by atoms with E-state index >= 15 is 0 Å². The summed E-state index contributed by atoms with van der Waals surface area (Å²) < 4.78 is 5.08. The van der Waals surface area contributed by atoms with Gasteiger partial charge in [-0.2, -0.15) is 0 Å². The first-order valence-corrected chi connectivity index (χ1v) is 6.53. The minimum Gasteiger partial charge on any atom is -0.462 e. The van der Waals surface area contributed by atoms with Gasteiger partial charge in [-0.05, 0) is 26.3 Å². The summed E-state index contributed by atoms with van der Waals surface area (Å²) in [5, 5.41) is 13.7. The third-order valence-electron chi connectivity index (χ3n) is 2.69. The van der Waals surface area contributed by atoms with Crippen molar-refractivity contribution in [3.8, 4) is 0 Å². The van der Waals surface area contributed by atoms with E-state index in [9.17, 15) is 14.9 Å². The van der Waals surface area contributed by atoms with Crippen LogP contribution in [0.25, 0.3) is 0 Å². The Morgan fingerprint density at radius 1 is 1.30 bits per heavy atom. The quantitative estimate of drug-likeness (QED) is 0.469. The molecule has 0 radical (unpaired) electrons. The van der Waals surface area contributed by atoms with Crippen molar-refractivity contribution in [1.29, 1.82) is 0 Å². The number of nitro groups is 1. The minimum atomic E-state index is -0.609. The molecule has 0 aromatic heterocycles. The molecule has 0 bridgehead atoms. The molecule has 1 aromatic rings. The average molecular weight is 280 g/mol. The van der Waals surface area contributed by atoms with Crippen LogP contribution in [0.15, 0.2) is 30.3 Å². The van der Waals surface area contributed by atoms with Crippen LogP contribution in [0.2, 0.25) is 0 Å². The second-order valence-corrected chi connectivity index (χ2v) is 4.85. The van der Waals surface area contributed by atoms with E-state index in [2.05, 4.69) is 5.32 Å². The lowest BCUT2D eigenvalue weighted by molar-refractivity contribution is -0.484. The molecule has 0 aliphatic rings. The summed E-state index contributed by atoms with van der Waals surface area (Å²) in [4.78, 5) is 22.1. The predicted octanol–water partition coefficient (Wildman–Crippen LogP) is 1.93. The van der Waals surface area contributed by atoms with Gasteiger partial charge in [-0.3, -0.25) is 20.2 Å². The topological polar surface area (TPSA) is 81.5 Å². The zero-order valence-electron chi connectivity index (χ0n) is 11.9. The summed E-state index contributed by atoms with van der Waals surface area (Å²) in [6, 6.07) is 7.90. The fraction of sp³-hybridized carbons (Fsp3) is 0.500. The standard InChI is InChI=1S/C14H20N2O4/c1-10(2)20-14(17)11(3)15-13(9-16(18)19)12-7-5-4-6-8-12/h4-8,10-11,13,15H,9H2,1-3H3/t11-,13+/m0/s1. The first-order chi connectivity index (χ1) is 9.40. The average Bonchev–Trinajstić information content (AvgIpc) is 2.37. The molecule has 0 unspecified atom stereocenters. The summed E-state index contributed by atoms with van der Waals surface area (Å²) in [5.41, 5.74) is 0.772. The van der Waals surface area contributed by atoms with Crippen LogP contribution in [0.1, 0.15) is 32.4 Å². The molecule has 0 amide bonds. The van der Waals surface area contributed by atoms with Gasteiger partial charge in [0.05, 0.1) is 12.1 Å². The maximum atomic E-state index is 11.8. The van der Waals surface area contributed by atoms with Crippen LogP contribution in [0.3, 0.4) is 0 Å². The maximum Gasteiger partial charge on any atom is 0.323 e. The number of ether oxygens (including phenoxy) is 1. The molecule has 1 rings (SSSR count). The van der Waals surface area contributed by atoms with Gasteiger partial charge in [0, 0.05) is 4.92 Å². The van der Waals surface area contributed by atoms with Crippen LogP contribution in [0, 0.1) is 10.1 Å². The molecule has 0 saturated carbocycles. The lowest BCUT2D eigenvalue weighted by Gasteiger charge is -2.20. The number of carbonyl (C=O) groups excluding carboxylic acids is 1. The van der Waals surface area contributed by atoms with E-state index in [0.717, 1.165) is 5.56 Å². The van der Waals surface area contributed by atoms with Gasteiger partial charge in [-0.1, -0.05) is 30.3 Å². The molecule has 1 N–H and O–H groups in total. The van der Waals surface area contributed by atoms with Crippen LogP contribution < -0.4 is 5.32 Å². The van der Waals surface area contributed by atoms with E-state index in [4.69, 9.17) is 4.74 Å². The Labute approximate surface area is 118 Å². The lowest BCUT2D eigenvalue weighted by atomic mass is 10.1. The Morgan fingerprint density at radius 2 is 1.90 bits per heavy atom. The summed E-state index contributed by atoms with van der Waals surface area (Å²) >= 11 is 0. The van der Waals surface area contributed by atoms with E-state index in [1.165, 1.54) is 0 Å². The third-order valence-corrected chi connectivity index (χ3v) is 2.69. The maximum absolute atomic E-state index is 11.8. The van der Waals surface area contributed by atoms with Gasteiger partial charge < -0.3 is 4.74 Å². The highest BCUT2D eigenvalue weighted by molar-refractivity contribution is 5.75. The summed E-state index contributed by atoms with van der Waals surface area (Å²) in [6.45, 7) is 4.87. The van der Waals surface area contributed by atoms with E-state index in [1.807, 2.05) is 6.07 Å². The molecule has 0 fully saturated rings. The first-order valence-electron chi connectivity index (χ1n) is 6.53. The Bertz CT molecular complexity index is 448. The SMILES string of the molecule is CC(C)OC(=O)[C@H](C)N[C@H](C[N+](=O)[O-])c1ccccc1. The van der Waals surface area contributed by atoms with Crippen molar-refractivity contribution in [2.45, 2.75) is 39.0 Å². The van der Waals surface area contributed by atoms with Crippen molar-refractivity contribution in [2.75, 3.05) is 6.54 Å². The molecular weight excluding hydrogens is 260 g/mol. The molecule has 0 aliphatic carbocycles. The molecule has 2 atom stereocenters. The Morgan fingerprint density at radius 3 is 2.40 bits per heavy atom. The number of esters is 1. The van der Waals surface area contributed by atoms with Crippen molar-refractivity contribution in [2.24, 2.45) is 0 Å². The second-order valence-electron chi connectivity index (χ2n) is 4.85. The zero-order valence-corrected chi connectivity index (χ0v) is 11.9. The number of hydrogen-bond donors (Lipinski definition) is 1. The second kappa shape index (κ2) is 7.59. The number of nitrogens with one attached hydrogen (secondary N) is 1. The molecule has 20 heavy (non-hydrogen) atoms. The third kappa shape index (κ3) is 5.36. The van der Waals surface area contributed by atoms with Crippen LogP contribution >= 0.6 is 0 Å². The largest absolute Gasteiger partial charge is 0.462 e. The van der Waals surface area contributed by atoms with E-state index in [1.54, 1.807) is 45.0 Å². The molecule has 1 aromatic carbocycles. The minimum absolute atomic E-state index is 0.211. The molecule has 6 nitrogen and oxygen atoms in total. The van der Waals surface area contributed by atoms with Crippen molar-refractivity contribution in [3.63, 3.8) is 0 Å². The number of benzene rings is 1. The lowest BCUT2D eigenvalue weighted by Crippen LogP contribution is -2.41. The Kier molecular flexibility index (Phi) is 6.11. The van der Waals surface area contributed by atoms with Crippen molar-refractivity contribution in [3.05, 3.63) is 46.0 Å². The van der Waals surface area contributed by atoms with Gasteiger partial charge in [-0.15, -0.1) is 0 Å². The summed E-state index contributed by atoms with van der Waals surface area (Å²) in [6.07, 6.45) is -0.211. The van der Waals surface area contributed by atoms with Gasteiger partial charge in [0.2, 0.25) is 6.54 Å². The molecule has 0 aliphatic heterocycles. The van der Waals surface area contributed by atoms with Crippen molar-refractivity contribution in [1.82, 2.24) is 5.32 Å². The van der Waals surface area contributed by atoms with Crippen molar-refractivity contribution < 1.29 is 14.5 Å². The highest BCUT2D eigenvalue weighted by atomic mass is 16.6. The fourth-order valence-electron chi connectivity index (χ4n) is 1.79. The Hall–Kier alpha value is -1.95. The monoisotopic (exact) mass is 280 g/mol. The molecule has 0 heterocycles. The van der Waals surface area contributed by atoms with Gasteiger partial charge in [0.15, 0.2) is 0 Å². The highest BCUT2D eigenvalue weighted by Gasteiger charge is 2.24. The summed E-state index contributed by atoms with van der Waals surface area (Å²) in [5.74, 6) is -0.413. The van der Waals surface area contributed by atoms with E-state index in [0.29, 0.717) is 0 Å². The van der Waals surface area contributed by atoms with Crippen LogP contribution in [0.5, 0.6) is 0 Å². The molecular formula is C14H20N2O4. The van der Waals surface area contributed by atoms with Crippen LogP contribution in [0.4, 0.5) is 0 Å². The molecule has 0 saturated heterocycles. The smallest absolute Gasteiger partial charge is 0.323 e. The van der Waals surface area contributed by atoms with Crippen LogP contribution in [-0.2, 0) is 9.53 Å². The first kappa shape index (κ1) is 16.1. The number of hydrogen-bond acceptors (Lipinski definition) is 5. The van der Waals surface area contributed by atoms with Gasteiger partial charge in [0.1, 0.15) is 6.04 Å². The zero-order chi connectivity index (χ0) is 15.1. The van der Waals surface area contributed by atoms with E-state index in [-0.39, 0.29) is 12.6 Å². The number of rotatable bonds is 7. The van der Waals surface area contributed by atoms with Gasteiger partial charge >= 0.3 is 5.97 Å². The van der Waals surface area contributed by atoms with Crippen LogP contribution in [-0.4, -0.2) is 29.6 Å². The highest BCUT2D eigenvalue weighted by Crippen LogP contribution is 2.14. The van der Waals surface area contributed by atoms with E-state index < -0.39 is 23.0 Å². The summed E-state index contributed by atoms with van der Waals surface area (Å²) in [7, 11) is 0. The van der Waals surface area contributed by atoms with Crippen molar-refractivity contribution >= 4 is 5.97 Å². The van der Waals surface area contributed by atoms with Gasteiger partial charge in [-0.25, -0.2) is 0 Å².